The number of thioether (sulfide) groups is 1. The molecule has 242 valence electrons. The lowest BCUT2D eigenvalue weighted by Gasteiger charge is -2.26. The van der Waals surface area contributed by atoms with Gasteiger partial charge in [0.25, 0.3) is 5.56 Å². The molecule has 6 heterocycles. The highest BCUT2D eigenvalue weighted by Gasteiger charge is 2.53. The predicted molar refractivity (Wildman–Crippen MR) is 160 cm³/mol. The van der Waals surface area contributed by atoms with Gasteiger partial charge < -0.3 is 30.7 Å². The number of fused-ring (bicyclic) bond motifs is 2. The Morgan fingerprint density at radius 2 is 2.00 bits per heavy atom. The van der Waals surface area contributed by atoms with Gasteiger partial charge in [0, 0.05) is 0 Å². The van der Waals surface area contributed by atoms with E-state index in [0.29, 0.717) is 0 Å². The Balaban J connectivity index is 1.22. The molecule has 6 rings (SSSR count). The molecule has 2 aliphatic heterocycles. The van der Waals surface area contributed by atoms with Gasteiger partial charge in [-0.15, -0.1) is 21.4 Å². The zero-order valence-corrected chi connectivity index (χ0v) is 26.5. The van der Waals surface area contributed by atoms with E-state index in [1.165, 1.54) is 10.9 Å². The minimum absolute atomic E-state index is 0.0410. The molecule has 7 N–H and O–H groups in total. The third kappa shape index (κ3) is 6.16. The maximum absolute atomic E-state index is 15.7. The predicted octanol–water partition coefficient (Wildman–Crippen LogP) is 0.290. The second-order valence-corrected chi connectivity index (χ2v) is 15.4. The number of thiol groups is 1. The minimum Gasteiger partial charge on any atom is -0.395 e. The smallest absolute Gasteiger partial charge is 0.395 e. The van der Waals surface area contributed by atoms with E-state index in [9.17, 15) is 19.4 Å². The zero-order valence-electron chi connectivity index (χ0n) is 22.2. The van der Waals surface area contributed by atoms with Crippen molar-refractivity contribution >= 4 is 83.9 Å². The molecule has 0 aliphatic carbocycles. The van der Waals surface area contributed by atoms with Crippen LogP contribution < -0.4 is 17.0 Å². The number of hydrogen-bond donors (Lipinski definition) is 6. The van der Waals surface area contributed by atoms with E-state index in [-0.39, 0.29) is 34.1 Å². The molecule has 19 nitrogen and oxygen atoms in total. The van der Waals surface area contributed by atoms with Gasteiger partial charge >= 0.3 is 13.9 Å². The van der Waals surface area contributed by atoms with E-state index in [1.54, 1.807) is 0 Å². The van der Waals surface area contributed by atoms with E-state index in [0.717, 1.165) is 22.8 Å². The van der Waals surface area contributed by atoms with Crippen molar-refractivity contribution in [2.75, 3.05) is 24.7 Å². The van der Waals surface area contributed by atoms with Gasteiger partial charge in [-0.3, -0.25) is 18.9 Å². The monoisotopic (exact) mass is 728 g/mol. The number of aliphatic hydroxyl groups is 1. The van der Waals surface area contributed by atoms with Gasteiger partial charge in [-0.1, -0.05) is 5.21 Å². The van der Waals surface area contributed by atoms with Gasteiger partial charge in [0.1, 0.15) is 47.8 Å². The summed E-state index contributed by atoms with van der Waals surface area (Å²) in [6.07, 6.45) is -7.44. The molecule has 2 saturated heterocycles. The summed E-state index contributed by atoms with van der Waals surface area (Å²) in [4.78, 5) is 41.4. The molecule has 0 radical (unpaired) electrons. The summed E-state index contributed by atoms with van der Waals surface area (Å²) in [5, 5.41) is 15.2. The second kappa shape index (κ2) is 12.6. The van der Waals surface area contributed by atoms with Crippen LogP contribution in [0.2, 0.25) is 0 Å². The molecule has 0 saturated carbocycles. The number of aromatic nitrogens is 9. The SMILES string of the molecule is Nc1nc2c(nnn2[C@@H]2S[C@H](CO)[C@@H](F)[C@H]2OP(O)(=S)OC[C@H]2O[C@@H](n3cnc4c(N)ncnc43)[C@@H](F)[C@@H]2O[P+](=O)S)c(=O)[nH]1. The van der Waals surface area contributed by atoms with Crippen molar-refractivity contribution in [1.82, 2.24) is 44.5 Å². The number of imidazole rings is 1. The first-order chi connectivity index (χ1) is 21.4. The number of alkyl halides is 2. The van der Waals surface area contributed by atoms with Crippen LogP contribution >= 0.6 is 38.0 Å². The Hall–Kier alpha value is -2.50. The normalized spacial score (nSPS) is 30.3. The molecule has 2 aliphatic rings. The Labute approximate surface area is 264 Å². The van der Waals surface area contributed by atoms with Gasteiger partial charge in [0.05, 0.1) is 24.8 Å². The van der Waals surface area contributed by atoms with E-state index in [1.807, 2.05) is 0 Å². The van der Waals surface area contributed by atoms with Gasteiger partial charge in [0.15, 0.2) is 41.1 Å². The average Bonchev–Trinajstić information content (AvgIpc) is 3.73. The Kier molecular flexibility index (Phi) is 9.08. The molecule has 4 aromatic rings. The number of anilines is 2. The summed E-state index contributed by atoms with van der Waals surface area (Å²) < 4.78 is 67.3. The van der Waals surface area contributed by atoms with Crippen molar-refractivity contribution in [3.8, 4) is 0 Å². The summed E-state index contributed by atoms with van der Waals surface area (Å²) in [6.45, 7) is -5.67. The number of ether oxygens (including phenoxy) is 1. The van der Waals surface area contributed by atoms with E-state index in [4.69, 9.17) is 41.6 Å². The van der Waals surface area contributed by atoms with E-state index < -0.39 is 80.2 Å². The maximum atomic E-state index is 15.7. The van der Waals surface area contributed by atoms with Crippen LogP contribution in [-0.2, 0) is 34.7 Å². The van der Waals surface area contributed by atoms with Gasteiger partial charge in [-0.25, -0.2) is 28.4 Å². The van der Waals surface area contributed by atoms with Gasteiger partial charge in [0.2, 0.25) is 5.95 Å². The number of nitrogens with two attached hydrogens (primary N) is 2. The van der Waals surface area contributed by atoms with Crippen molar-refractivity contribution in [2.24, 2.45) is 0 Å². The van der Waals surface area contributed by atoms with Crippen molar-refractivity contribution in [2.45, 2.75) is 47.5 Å². The standard InChI is InChI=1S/C19H21F2N11O8P2S3/c20-7-6(1-33)45-18(32-15-10(29-30-32)16(34)28-19(23)27-15)12(7)40-42(36,44)37-2-5-11(39-41(35)43)8(21)17(38-5)31-4-26-9-13(22)24-3-25-14(9)31/h3-8,11-12,17-18,33H,1-2H2,(H6-,22,23,24,25,27,28,30,34,35,36,43,44)/p+1/t5-,6-,7-,8+,11-,12-,17-,18-,42?/m1/s1. The first-order valence-electron chi connectivity index (χ1n) is 12.6. The summed E-state index contributed by atoms with van der Waals surface area (Å²) in [6, 6.07) is 0. The highest BCUT2D eigenvalue weighted by Crippen LogP contribution is 2.54. The largest absolute Gasteiger partial charge is 0.582 e. The number of nitrogens with zero attached hydrogens (tertiary/aromatic N) is 8. The fourth-order valence-electron chi connectivity index (χ4n) is 4.87. The van der Waals surface area contributed by atoms with Crippen LogP contribution in [0.1, 0.15) is 11.6 Å². The first kappa shape index (κ1) is 32.4. The Morgan fingerprint density at radius 1 is 1.22 bits per heavy atom. The fourth-order valence-corrected chi connectivity index (χ4v) is 8.52. The van der Waals surface area contributed by atoms with Gasteiger partial charge in [-0.05, 0) is 16.4 Å². The molecule has 45 heavy (non-hydrogen) atoms. The Morgan fingerprint density at radius 3 is 2.73 bits per heavy atom. The van der Waals surface area contributed by atoms with Crippen molar-refractivity contribution in [3.63, 3.8) is 0 Å². The number of rotatable bonds is 10. The van der Waals surface area contributed by atoms with Crippen LogP contribution in [0, 0.1) is 0 Å². The third-order valence-corrected chi connectivity index (χ3v) is 10.6. The zero-order chi connectivity index (χ0) is 32.2. The van der Waals surface area contributed by atoms with Crippen LogP contribution in [0.4, 0.5) is 20.5 Å². The number of aliphatic hydroxyl groups excluding tert-OH is 1. The molecular formula is C19H22F2N11O8P2S3+. The number of H-pyrrole nitrogens is 1. The minimum atomic E-state index is -4.38. The van der Waals surface area contributed by atoms with Crippen LogP contribution in [-0.4, -0.2) is 104 Å². The summed E-state index contributed by atoms with van der Waals surface area (Å²) in [7, 11) is -2.63. The molecule has 2 fully saturated rings. The highest BCUT2D eigenvalue weighted by molar-refractivity contribution is 8.39. The molecular weight excluding hydrogens is 706 g/mol. The Bertz CT molecular complexity index is 1870. The molecule has 0 spiro atoms. The quantitative estimate of drug-likeness (QED) is 0.0946. The first-order valence-corrected chi connectivity index (χ1v) is 18.5. The number of hydrogen-bond acceptors (Lipinski definition) is 17. The number of aromatic amines is 1. The summed E-state index contributed by atoms with van der Waals surface area (Å²) in [5.74, 6) is -0.220. The van der Waals surface area contributed by atoms with Gasteiger partial charge in [-0.2, -0.15) is 4.98 Å². The molecule has 26 heteroatoms. The van der Waals surface area contributed by atoms with E-state index >= 15 is 8.78 Å². The maximum Gasteiger partial charge on any atom is 0.582 e. The molecule has 0 amide bonds. The summed E-state index contributed by atoms with van der Waals surface area (Å²) in [5.41, 5.74) is 10.8. The lowest BCUT2D eigenvalue weighted by atomic mass is 10.1. The second-order valence-electron chi connectivity index (χ2n) is 9.58. The number of nitrogens with one attached hydrogen (secondary N) is 1. The lowest BCUT2D eigenvalue weighted by Crippen LogP contribution is -2.34. The molecule has 4 aromatic heterocycles. The van der Waals surface area contributed by atoms with Crippen LogP contribution in [0.25, 0.3) is 22.3 Å². The summed E-state index contributed by atoms with van der Waals surface area (Å²) >= 11 is 9.71. The van der Waals surface area contributed by atoms with Crippen LogP contribution in [0.5, 0.6) is 0 Å². The van der Waals surface area contributed by atoms with Crippen LogP contribution in [0.15, 0.2) is 17.4 Å². The number of halogens is 2. The van der Waals surface area contributed by atoms with Crippen molar-refractivity contribution in [1.29, 1.82) is 0 Å². The fraction of sp³-hybridized carbons (Fsp3) is 0.526. The number of nitrogen functional groups attached to an aromatic ring is 2. The van der Waals surface area contributed by atoms with E-state index in [2.05, 4.69) is 47.5 Å². The third-order valence-electron chi connectivity index (χ3n) is 6.84. The van der Waals surface area contributed by atoms with Crippen molar-refractivity contribution in [3.05, 3.63) is 23.0 Å². The molecule has 0 aromatic carbocycles. The van der Waals surface area contributed by atoms with Crippen LogP contribution in [0.3, 0.4) is 0 Å². The molecule has 0 bridgehead atoms. The topological polar surface area (TPSA) is 267 Å². The average molecular weight is 729 g/mol. The molecule has 2 unspecified atom stereocenters. The lowest BCUT2D eigenvalue weighted by molar-refractivity contribution is -0.0431. The van der Waals surface area contributed by atoms with Crippen molar-refractivity contribution < 1.29 is 41.7 Å². The highest BCUT2D eigenvalue weighted by atomic mass is 32.7. The molecule has 10 atom stereocenters.